The molecule has 0 amide bonds. The molecule has 1 rings (SSSR count). The van der Waals surface area contributed by atoms with Crippen molar-refractivity contribution in [2.45, 2.75) is 37.7 Å². The highest BCUT2D eigenvalue weighted by Gasteiger charge is 2.35. The summed E-state index contributed by atoms with van der Waals surface area (Å²) in [7, 11) is 1.36. The summed E-state index contributed by atoms with van der Waals surface area (Å²) in [5.41, 5.74) is -1.70. The van der Waals surface area contributed by atoms with Gasteiger partial charge in [0.05, 0.1) is 5.56 Å². The molecule has 0 spiro atoms. The zero-order valence-electron chi connectivity index (χ0n) is 11.1. The van der Waals surface area contributed by atoms with Crippen LogP contribution in [0.3, 0.4) is 0 Å². The summed E-state index contributed by atoms with van der Waals surface area (Å²) in [5, 5.41) is 2.55. The van der Waals surface area contributed by atoms with Gasteiger partial charge in [-0.05, 0) is 26.0 Å². The summed E-state index contributed by atoms with van der Waals surface area (Å²) in [6.07, 6.45) is -10.7. The Morgan fingerprint density at radius 3 is 2.19 bits per heavy atom. The second kappa shape index (κ2) is 6.64. The molecule has 1 aromatic rings. The third-order valence-corrected chi connectivity index (χ3v) is 3.01. The molecule has 0 radical (unpaired) electrons. The summed E-state index contributed by atoms with van der Waals surface area (Å²) < 4.78 is 87.9. The van der Waals surface area contributed by atoms with Crippen LogP contribution in [0.15, 0.2) is 18.2 Å². The maximum atomic E-state index is 13.9. The number of alkyl halides is 6. The Kier molecular flexibility index (Phi) is 5.61. The van der Waals surface area contributed by atoms with Crippen molar-refractivity contribution in [3.8, 4) is 0 Å². The molecule has 21 heavy (non-hydrogen) atoms. The second-order valence-corrected chi connectivity index (χ2v) is 4.56. The van der Waals surface area contributed by atoms with E-state index in [2.05, 4.69) is 5.32 Å². The van der Waals surface area contributed by atoms with Crippen molar-refractivity contribution >= 4 is 0 Å². The average Bonchev–Trinajstić information content (AvgIpc) is 2.33. The van der Waals surface area contributed by atoms with Gasteiger partial charge >= 0.3 is 12.4 Å². The van der Waals surface area contributed by atoms with Crippen LogP contribution < -0.4 is 5.32 Å². The Morgan fingerprint density at radius 2 is 1.71 bits per heavy atom. The zero-order chi connectivity index (χ0) is 16.3. The molecule has 0 saturated carbocycles. The Bertz CT molecular complexity index is 465. The Labute approximate surface area is 117 Å². The van der Waals surface area contributed by atoms with Crippen LogP contribution in [0.1, 0.15) is 36.4 Å². The van der Waals surface area contributed by atoms with Crippen LogP contribution in [0.4, 0.5) is 30.7 Å². The van der Waals surface area contributed by atoms with E-state index < -0.39 is 36.2 Å². The van der Waals surface area contributed by atoms with Gasteiger partial charge in [-0.2, -0.15) is 26.3 Å². The maximum absolute atomic E-state index is 13.9. The first-order chi connectivity index (χ1) is 9.56. The summed E-state index contributed by atoms with van der Waals surface area (Å²) in [6.45, 7) is 0. The van der Waals surface area contributed by atoms with Crippen molar-refractivity contribution in [2.24, 2.45) is 0 Å². The van der Waals surface area contributed by atoms with Gasteiger partial charge in [-0.3, -0.25) is 0 Å². The first kappa shape index (κ1) is 17.7. The van der Waals surface area contributed by atoms with Crippen LogP contribution in [0.25, 0.3) is 0 Å². The molecule has 0 aliphatic carbocycles. The molecule has 0 heterocycles. The Hall–Kier alpha value is -1.31. The molecule has 0 fully saturated rings. The number of hydrogen-bond donors (Lipinski definition) is 1. The molecule has 1 unspecified atom stereocenters. The minimum atomic E-state index is -4.84. The molecule has 0 bridgehead atoms. The molecule has 0 aromatic heterocycles. The monoisotopic (exact) mass is 317 g/mol. The van der Waals surface area contributed by atoms with E-state index in [1.165, 1.54) is 7.05 Å². The fourth-order valence-corrected chi connectivity index (χ4v) is 2.00. The topological polar surface area (TPSA) is 12.0 Å². The number of nitrogens with one attached hydrogen (secondary N) is 1. The van der Waals surface area contributed by atoms with E-state index in [0.717, 1.165) is 12.1 Å². The molecule has 8 heteroatoms. The van der Waals surface area contributed by atoms with Gasteiger partial charge in [0.2, 0.25) is 0 Å². The molecule has 1 N–H and O–H groups in total. The lowest BCUT2D eigenvalue weighted by atomic mass is 9.98. The molecule has 1 aromatic carbocycles. The van der Waals surface area contributed by atoms with Gasteiger partial charge in [0, 0.05) is 18.0 Å². The summed E-state index contributed by atoms with van der Waals surface area (Å²) in [5.74, 6) is -1.45. The largest absolute Gasteiger partial charge is 0.419 e. The molecule has 1 atom stereocenters. The van der Waals surface area contributed by atoms with Gasteiger partial charge in [-0.15, -0.1) is 0 Å². The van der Waals surface area contributed by atoms with Crippen molar-refractivity contribution in [2.75, 3.05) is 7.05 Å². The predicted molar refractivity (Wildman–Crippen MR) is 63.1 cm³/mol. The van der Waals surface area contributed by atoms with Crippen molar-refractivity contribution in [1.82, 2.24) is 5.32 Å². The smallest absolute Gasteiger partial charge is 0.313 e. The SMILES string of the molecule is CNC(CCCC(F)(F)F)c1cccc(C(F)(F)F)c1F. The van der Waals surface area contributed by atoms with E-state index >= 15 is 0 Å². The molecular formula is C13H14F7N. The van der Waals surface area contributed by atoms with E-state index in [1.54, 1.807) is 0 Å². The van der Waals surface area contributed by atoms with Crippen LogP contribution in [-0.4, -0.2) is 13.2 Å². The molecule has 0 aliphatic rings. The van der Waals surface area contributed by atoms with Crippen LogP contribution in [0.2, 0.25) is 0 Å². The Balaban J connectivity index is 2.91. The number of hydrogen-bond acceptors (Lipinski definition) is 1. The fraction of sp³-hybridized carbons (Fsp3) is 0.538. The van der Waals surface area contributed by atoms with Crippen molar-refractivity contribution in [1.29, 1.82) is 0 Å². The van der Waals surface area contributed by atoms with E-state index in [-0.39, 0.29) is 18.4 Å². The van der Waals surface area contributed by atoms with E-state index in [1.807, 2.05) is 0 Å². The highest BCUT2D eigenvalue weighted by Crippen LogP contribution is 2.35. The van der Waals surface area contributed by atoms with E-state index in [0.29, 0.717) is 6.07 Å². The highest BCUT2D eigenvalue weighted by molar-refractivity contribution is 5.30. The van der Waals surface area contributed by atoms with E-state index in [9.17, 15) is 30.7 Å². The lowest BCUT2D eigenvalue weighted by Gasteiger charge is -2.19. The van der Waals surface area contributed by atoms with Gasteiger partial charge in [0.1, 0.15) is 5.82 Å². The number of rotatable bonds is 5. The second-order valence-electron chi connectivity index (χ2n) is 4.56. The third kappa shape index (κ3) is 5.18. The summed E-state index contributed by atoms with van der Waals surface area (Å²) in [6, 6.07) is 1.87. The van der Waals surface area contributed by atoms with Gasteiger partial charge in [0.15, 0.2) is 0 Å². The van der Waals surface area contributed by atoms with Crippen LogP contribution in [0, 0.1) is 5.82 Å². The average molecular weight is 317 g/mol. The highest BCUT2D eigenvalue weighted by atomic mass is 19.4. The lowest BCUT2D eigenvalue weighted by molar-refractivity contribution is -0.140. The molecular weight excluding hydrogens is 303 g/mol. The van der Waals surface area contributed by atoms with Crippen molar-refractivity contribution in [3.05, 3.63) is 35.1 Å². The lowest BCUT2D eigenvalue weighted by Crippen LogP contribution is -2.20. The van der Waals surface area contributed by atoms with Gasteiger partial charge in [-0.25, -0.2) is 4.39 Å². The molecule has 0 aliphatic heterocycles. The zero-order valence-corrected chi connectivity index (χ0v) is 11.1. The number of benzene rings is 1. The molecule has 0 saturated heterocycles. The van der Waals surface area contributed by atoms with E-state index in [4.69, 9.17) is 0 Å². The molecule has 1 nitrogen and oxygen atoms in total. The Morgan fingerprint density at radius 1 is 1.10 bits per heavy atom. The standard InChI is InChI=1S/C13H14F7N/c1-21-10(6-3-7-12(15,16)17)8-4-2-5-9(11(8)14)13(18,19)20/h2,4-5,10,21H,3,6-7H2,1H3. The van der Waals surface area contributed by atoms with Gasteiger partial charge in [-0.1, -0.05) is 12.1 Å². The van der Waals surface area contributed by atoms with Crippen molar-refractivity contribution < 1.29 is 30.7 Å². The molecule has 120 valence electrons. The first-order valence-corrected chi connectivity index (χ1v) is 6.16. The third-order valence-electron chi connectivity index (χ3n) is 3.01. The minimum Gasteiger partial charge on any atom is -0.313 e. The van der Waals surface area contributed by atoms with Crippen LogP contribution in [-0.2, 0) is 6.18 Å². The summed E-state index contributed by atoms with van der Waals surface area (Å²) in [4.78, 5) is 0. The normalized spacial score (nSPS) is 14.3. The fourth-order valence-electron chi connectivity index (χ4n) is 2.00. The van der Waals surface area contributed by atoms with Crippen LogP contribution in [0.5, 0.6) is 0 Å². The quantitative estimate of drug-likeness (QED) is 0.767. The maximum Gasteiger partial charge on any atom is 0.419 e. The summed E-state index contributed by atoms with van der Waals surface area (Å²) >= 11 is 0. The minimum absolute atomic E-state index is 0.117. The van der Waals surface area contributed by atoms with Crippen molar-refractivity contribution in [3.63, 3.8) is 0 Å². The first-order valence-electron chi connectivity index (χ1n) is 6.16. The predicted octanol–water partition coefficient (Wildman–Crippen LogP) is 4.84. The van der Waals surface area contributed by atoms with Crippen LogP contribution >= 0.6 is 0 Å². The number of halogens is 7. The van der Waals surface area contributed by atoms with Gasteiger partial charge in [0.25, 0.3) is 0 Å². The van der Waals surface area contributed by atoms with Gasteiger partial charge < -0.3 is 5.32 Å².